The Bertz CT molecular complexity index is 2100. The number of aliphatic hydroxyl groups excluding tert-OH is 1. The zero-order chi connectivity index (χ0) is 49.1. The van der Waals surface area contributed by atoms with Crippen LogP contribution in [0.5, 0.6) is 0 Å². The van der Waals surface area contributed by atoms with Gasteiger partial charge in [-0.3, -0.25) is 33.6 Å². The molecular formula is C49H66N6O11. The van der Waals surface area contributed by atoms with Gasteiger partial charge in [-0.15, -0.1) is 0 Å². The number of carboxylic acids is 2. The first-order valence-corrected chi connectivity index (χ1v) is 22.3. The molecule has 358 valence electrons. The van der Waals surface area contributed by atoms with E-state index in [4.69, 9.17) is 0 Å². The van der Waals surface area contributed by atoms with Crippen LogP contribution in [0, 0.1) is 17.8 Å². The van der Waals surface area contributed by atoms with Crippen molar-refractivity contribution in [1.82, 2.24) is 31.9 Å². The highest BCUT2D eigenvalue weighted by Gasteiger charge is 2.34. The first kappa shape index (κ1) is 53.7. The smallest absolute Gasteiger partial charge is 0.326 e. The van der Waals surface area contributed by atoms with Crippen molar-refractivity contribution in [3.8, 4) is 11.1 Å². The van der Waals surface area contributed by atoms with Crippen molar-refractivity contribution < 1.29 is 53.7 Å². The SMILES string of the molecule is CC(C)C[C@H](NC(=O)Cc1ccc(-c2ccccc2)cc1)[C@@H](O)CC(=O)N[C@H](C(=O)N[C@H](C(=O)N[C@@H](C)C(=O)N[C@@H](CCC(=O)O)C(=O)N[C@@H](Cc1ccccc1)C(=O)O)C(C)C)C(C)C. The maximum atomic E-state index is 13.7. The third-order valence-electron chi connectivity index (χ3n) is 10.8. The van der Waals surface area contributed by atoms with Crippen LogP contribution in [0.2, 0.25) is 0 Å². The topological polar surface area (TPSA) is 269 Å². The van der Waals surface area contributed by atoms with Crippen LogP contribution in [0.15, 0.2) is 84.9 Å². The number of carbonyl (C=O) groups is 8. The van der Waals surface area contributed by atoms with Crippen molar-refractivity contribution in [2.24, 2.45) is 17.8 Å². The minimum Gasteiger partial charge on any atom is -0.481 e. The van der Waals surface area contributed by atoms with E-state index >= 15 is 0 Å². The van der Waals surface area contributed by atoms with Crippen LogP contribution >= 0.6 is 0 Å². The highest BCUT2D eigenvalue weighted by atomic mass is 16.4. The van der Waals surface area contributed by atoms with Crippen molar-refractivity contribution in [3.63, 3.8) is 0 Å². The molecule has 0 aromatic heterocycles. The molecule has 0 bridgehead atoms. The van der Waals surface area contributed by atoms with E-state index in [-0.39, 0.29) is 31.1 Å². The Morgan fingerprint density at radius 2 is 1.06 bits per heavy atom. The van der Waals surface area contributed by atoms with E-state index in [9.17, 15) is 53.7 Å². The second-order valence-corrected chi connectivity index (χ2v) is 17.6. The van der Waals surface area contributed by atoms with Gasteiger partial charge in [0.05, 0.1) is 25.0 Å². The number of hydrogen-bond donors (Lipinski definition) is 9. The van der Waals surface area contributed by atoms with Crippen molar-refractivity contribution in [1.29, 1.82) is 0 Å². The highest BCUT2D eigenvalue weighted by Crippen LogP contribution is 2.20. The molecule has 0 aliphatic heterocycles. The molecule has 0 saturated heterocycles. The summed E-state index contributed by atoms with van der Waals surface area (Å²) in [5.74, 6) is -7.85. The summed E-state index contributed by atoms with van der Waals surface area (Å²) < 4.78 is 0. The summed E-state index contributed by atoms with van der Waals surface area (Å²) in [4.78, 5) is 104. The third kappa shape index (κ3) is 18.1. The molecule has 0 fully saturated rings. The molecule has 0 radical (unpaired) electrons. The summed E-state index contributed by atoms with van der Waals surface area (Å²) >= 11 is 0. The van der Waals surface area contributed by atoms with Crippen molar-refractivity contribution in [2.45, 2.75) is 129 Å². The summed E-state index contributed by atoms with van der Waals surface area (Å²) in [6.45, 7) is 11.8. The van der Waals surface area contributed by atoms with Crippen LogP contribution in [-0.2, 0) is 51.2 Å². The van der Waals surface area contributed by atoms with Gasteiger partial charge in [-0.1, -0.05) is 126 Å². The number of nitrogens with one attached hydrogen (secondary N) is 6. The summed E-state index contributed by atoms with van der Waals surface area (Å²) in [6, 6.07) is 18.6. The monoisotopic (exact) mass is 914 g/mol. The number of hydrogen-bond acceptors (Lipinski definition) is 9. The van der Waals surface area contributed by atoms with Crippen LogP contribution in [0.3, 0.4) is 0 Å². The van der Waals surface area contributed by atoms with E-state index in [0.717, 1.165) is 16.7 Å². The lowest BCUT2D eigenvalue weighted by Gasteiger charge is -2.29. The summed E-state index contributed by atoms with van der Waals surface area (Å²) in [5.41, 5.74) is 3.44. The summed E-state index contributed by atoms with van der Waals surface area (Å²) in [6.07, 6.45) is -2.30. The number of rotatable bonds is 26. The zero-order valence-corrected chi connectivity index (χ0v) is 38.7. The van der Waals surface area contributed by atoms with Crippen LogP contribution in [0.4, 0.5) is 0 Å². The van der Waals surface area contributed by atoms with Gasteiger partial charge in [0.1, 0.15) is 30.2 Å². The Kier molecular flexibility index (Phi) is 21.5. The van der Waals surface area contributed by atoms with Crippen LogP contribution < -0.4 is 31.9 Å². The molecule has 3 aromatic rings. The van der Waals surface area contributed by atoms with Gasteiger partial charge < -0.3 is 47.2 Å². The van der Waals surface area contributed by atoms with Gasteiger partial charge in [-0.05, 0) is 59.8 Å². The van der Waals surface area contributed by atoms with E-state index in [0.29, 0.717) is 12.0 Å². The summed E-state index contributed by atoms with van der Waals surface area (Å²) in [5, 5.41) is 45.8. The van der Waals surface area contributed by atoms with Crippen molar-refractivity contribution in [3.05, 3.63) is 96.1 Å². The lowest BCUT2D eigenvalue weighted by Crippen LogP contribution is -2.60. The van der Waals surface area contributed by atoms with E-state index in [1.165, 1.54) is 6.92 Å². The maximum absolute atomic E-state index is 13.7. The van der Waals surface area contributed by atoms with Crippen LogP contribution in [0.1, 0.15) is 85.3 Å². The molecule has 3 aromatic carbocycles. The first-order valence-electron chi connectivity index (χ1n) is 22.3. The maximum Gasteiger partial charge on any atom is 0.326 e. The molecule has 9 N–H and O–H groups in total. The summed E-state index contributed by atoms with van der Waals surface area (Å²) in [7, 11) is 0. The Labute approximate surface area is 386 Å². The Balaban J connectivity index is 1.62. The average Bonchev–Trinajstić information content (AvgIpc) is 3.25. The number of aliphatic hydroxyl groups is 1. The first-order chi connectivity index (χ1) is 31.1. The molecule has 0 heterocycles. The largest absolute Gasteiger partial charge is 0.481 e. The molecule has 66 heavy (non-hydrogen) atoms. The number of carboxylic acid groups (broad SMARTS) is 2. The van der Waals surface area contributed by atoms with Crippen LogP contribution in [0.25, 0.3) is 11.1 Å². The van der Waals surface area contributed by atoms with Gasteiger partial charge in [0, 0.05) is 12.8 Å². The molecule has 17 nitrogen and oxygen atoms in total. The van der Waals surface area contributed by atoms with Gasteiger partial charge in [0.25, 0.3) is 0 Å². The van der Waals surface area contributed by atoms with Gasteiger partial charge in [-0.2, -0.15) is 0 Å². The predicted molar refractivity (Wildman–Crippen MR) is 247 cm³/mol. The number of benzene rings is 3. The van der Waals surface area contributed by atoms with E-state index in [1.54, 1.807) is 58.0 Å². The predicted octanol–water partition coefficient (Wildman–Crippen LogP) is 3.13. The standard InChI is InChI=1S/C49H66N6O11/c1-28(2)24-37(51-40(57)26-33-18-20-35(21-19-33)34-16-12-9-13-17-34)39(56)27-41(58)54-43(29(3)4)48(64)55-44(30(5)6)47(63)50-31(7)45(61)52-36(22-23-42(59)60)46(62)53-38(49(65)66)25-32-14-10-8-11-15-32/h8-21,28-31,36-39,43-44,56H,22-27H2,1-7H3,(H,50,63)(H,51,57)(H,52,61)(H,53,62)(H,54,58)(H,55,64)(H,59,60)(H,65,66)/t31-,36-,37-,38-,39-,43-,44-/m0/s1. The molecule has 0 aliphatic rings. The zero-order valence-electron chi connectivity index (χ0n) is 38.7. The minimum atomic E-state index is -1.47. The van der Waals surface area contributed by atoms with Crippen LogP contribution in [-0.4, -0.2) is 105 Å². The molecule has 0 spiro atoms. The molecule has 0 aliphatic carbocycles. The van der Waals surface area contributed by atoms with Crippen molar-refractivity contribution >= 4 is 47.4 Å². The van der Waals surface area contributed by atoms with Gasteiger partial charge >= 0.3 is 11.9 Å². The second kappa shape index (κ2) is 26.4. The van der Waals surface area contributed by atoms with E-state index in [2.05, 4.69) is 31.9 Å². The fourth-order valence-corrected chi connectivity index (χ4v) is 7.11. The number of carbonyl (C=O) groups excluding carboxylic acids is 6. The van der Waals surface area contributed by atoms with Gasteiger partial charge in [0.15, 0.2) is 0 Å². The Morgan fingerprint density at radius 1 is 0.530 bits per heavy atom. The lowest BCUT2D eigenvalue weighted by atomic mass is 9.95. The highest BCUT2D eigenvalue weighted by molar-refractivity contribution is 5.96. The fraction of sp³-hybridized carbons (Fsp3) is 0.469. The Hall–Kier alpha value is -6.62. The molecule has 0 unspecified atom stereocenters. The van der Waals surface area contributed by atoms with Gasteiger partial charge in [0.2, 0.25) is 35.4 Å². The van der Waals surface area contributed by atoms with E-state index in [1.807, 2.05) is 68.4 Å². The third-order valence-corrected chi connectivity index (χ3v) is 10.8. The number of aliphatic carboxylic acids is 2. The average molecular weight is 915 g/mol. The van der Waals surface area contributed by atoms with E-state index < -0.39 is 109 Å². The second-order valence-electron chi connectivity index (χ2n) is 17.6. The molecular weight excluding hydrogens is 849 g/mol. The normalized spacial score (nSPS) is 14.4. The molecule has 0 saturated carbocycles. The molecule has 3 rings (SSSR count). The van der Waals surface area contributed by atoms with Gasteiger partial charge in [-0.25, -0.2) is 4.79 Å². The fourth-order valence-electron chi connectivity index (χ4n) is 7.11. The minimum absolute atomic E-state index is 0.0554. The molecule has 17 heteroatoms. The Morgan fingerprint density at radius 3 is 1.61 bits per heavy atom. The van der Waals surface area contributed by atoms with Crippen molar-refractivity contribution in [2.75, 3.05) is 0 Å². The number of amides is 6. The molecule has 7 atom stereocenters. The quantitative estimate of drug-likeness (QED) is 0.0565. The lowest BCUT2D eigenvalue weighted by molar-refractivity contribution is -0.143. The molecule has 6 amide bonds.